The fourth-order valence-electron chi connectivity index (χ4n) is 3.11. The van der Waals surface area contributed by atoms with Crippen LogP contribution in [0.3, 0.4) is 0 Å². The fraction of sp³-hybridized carbons (Fsp3) is 0.105. The summed E-state index contributed by atoms with van der Waals surface area (Å²) >= 11 is 12.3. The van der Waals surface area contributed by atoms with Crippen LogP contribution in [0.4, 0.5) is 0 Å². The molecule has 0 atom stereocenters. The normalized spacial score (nSPS) is 14.8. The molecule has 1 aliphatic rings. The Labute approximate surface area is 158 Å². The molecule has 0 radical (unpaired) electrons. The van der Waals surface area contributed by atoms with E-state index in [0.717, 1.165) is 11.1 Å². The topological polar surface area (TPSA) is 72.2 Å². The van der Waals surface area contributed by atoms with E-state index in [9.17, 15) is 9.59 Å². The summed E-state index contributed by atoms with van der Waals surface area (Å²) in [6.07, 6.45) is 2.50. The Morgan fingerprint density at radius 2 is 2.04 bits per heavy atom. The lowest BCUT2D eigenvalue weighted by molar-refractivity contribution is 0.0697. The van der Waals surface area contributed by atoms with Gasteiger partial charge in [0.1, 0.15) is 5.82 Å². The number of aromatic carboxylic acids is 1. The van der Waals surface area contributed by atoms with Crippen LogP contribution in [0.1, 0.15) is 28.2 Å². The summed E-state index contributed by atoms with van der Waals surface area (Å²) in [6.45, 7) is 0.516. The van der Waals surface area contributed by atoms with Gasteiger partial charge in [-0.3, -0.25) is 9.36 Å². The van der Waals surface area contributed by atoms with Crippen LogP contribution in [-0.2, 0) is 6.54 Å². The second-order valence-corrected chi connectivity index (χ2v) is 6.78. The molecule has 1 aliphatic heterocycles. The molecule has 130 valence electrons. The van der Waals surface area contributed by atoms with E-state index >= 15 is 0 Å². The molecular formula is C19H12Cl2N2O3. The van der Waals surface area contributed by atoms with Crippen molar-refractivity contribution in [3.05, 3.63) is 73.7 Å². The zero-order valence-corrected chi connectivity index (χ0v) is 14.9. The third-order valence-electron chi connectivity index (χ3n) is 4.41. The van der Waals surface area contributed by atoms with Crippen LogP contribution in [0.15, 0.2) is 41.2 Å². The highest BCUT2D eigenvalue weighted by Gasteiger charge is 2.21. The predicted octanol–water partition coefficient (Wildman–Crippen LogP) is 4.35. The van der Waals surface area contributed by atoms with Crippen LogP contribution in [0.25, 0.3) is 22.6 Å². The fourth-order valence-corrected chi connectivity index (χ4v) is 3.47. The number of rotatable bonds is 2. The number of hydrogen-bond acceptors (Lipinski definition) is 3. The van der Waals surface area contributed by atoms with E-state index in [1.807, 2.05) is 12.1 Å². The second-order valence-electron chi connectivity index (χ2n) is 5.99. The van der Waals surface area contributed by atoms with Gasteiger partial charge in [0.15, 0.2) is 0 Å². The van der Waals surface area contributed by atoms with Gasteiger partial charge in [0.05, 0.1) is 26.5 Å². The Hall–Kier alpha value is -2.63. The number of halogens is 2. The molecule has 5 nitrogen and oxygen atoms in total. The molecule has 2 heterocycles. The Balaban J connectivity index is 1.92. The lowest BCUT2D eigenvalue weighted by Crippen LogP contribution is -2.21. The third-order valence-corrected chi connectivity index (χ3v) is 5.24. The number of hydrogen-bond donors (Lipinski definition) is 1. The summed E-state index contributed by atoms with van der Waals surface area (Å²) in [6, 6.07) is 9.69. The molecule has 1 N–H and O–H groups in total. The lowest BCUT2D eigenvalue weighted by atomic mass is 10.1. The molecule has 0 saturated carbocycles. The maximum absolute atomic E-state index is 12.7. The summed E-state index contributed by atoms with van der Waals surface area (Å²) in [5.41, 5.74) is 1.88. The van der Waals surface area contributed by atoms with Crippen molar-refractivity contribution < 1.29 is 9.90 Å². The van der Waals surface area contributed by atoms with E-state index in [1.165, 1.54) is 18.2 Å². The van der Waals surface area contributed by atoms with Crippen molar-refractivity contribution in [2.24, 2.45) is 0 Å². The third kappa shape index (κ3) is 2.69. The Kier molecular flexibility index (Phi) is 4.05. The molecule has 7 heteroatoms. The van der Waals surface area contributed by atoms with Gasteiger partial charge in [-0.25, -0.2) is 9.78 Å². The predicted molar refractivity (Wildman–Crippen MR) is 102 cm³/mol. The monoisotopic (exact) mass is 386 g/mol. The van der Waals surface area contributed by atoms with Gasteiger partial charge in [-0.1, -0.05) is 35.3 Å². The zero-order chi connectivity index (χ0) is 18.4. The number of carboxylic acids is 1. The van der Waals surface area contributed by atoms with E-state index in [0.29, 0.717) is 39.7 Å². The van der Waals surface area contributed by atoms with E-state index in [4.69, 9.17) is 28.3 Å². The quantitative estimate of drug-likeness (QED) is 0.710. The molecule has 0 bridgehead atoms. The summed E-state index contributed by atoms with van der Waals surface area (Å²) in [4.78, 5) is 28.5. The lowest BCUT2D eigenvalue weighted by Gasteiger charge is -2.07. The highest BCUT2D eigenvalue weighted by atomic mass is 35.5. The molecule has 0 amide bonds. The first-order chi connectivity index (χ1) is 12.5. The second kappa shape index (κ2) is 6.27. The summed E-state index contributed by atoms with van der Waals surface area (Å²) < 4.78 is 1.60. The van der Waals surface area contributed by atoms with Crippen LogP contribution in [-0.4, -0.2) is 20.6 Å². The van der Waals surface area contributed by atoms with Gasteiger partial charge in [0.25, 0.3) is 5.56 Å². The zero-order valence-electron chi connectivity index (χ0n) is 13.4. The number of fused-ring (bicyclic) bond motifs is 2. The average Bonchev–Trinajstić information content (AvgIpc) is 3.01. The molecule has 0 unspecified atom stereocenters. The molecule has 26 heavy (non-hydrogen) atoms. The Morgan fingerprint density at radius 1 is 1.23 bits per heavy atom. The van der Waals surface area contributed by atoms with Gasteiger partial charge in [-0.2, -0.15) is 0 Å². The molecule has 0 aliphatic carbocycles. The Morgan fingerprint density at radius 3 is 2.81 bits per heavy atom. The van der Waals surface area contributed by atoms with Gasteiger partial charge in [-0.05, 0) is 47.9 Å². The number of carbonyl (C=O) groups is 1. The van der Waals surface area contributed by atoms with Gasteiger partial charge in [-0.15, -0.1) is 0 Å². The first-order valence-electron chi connectivity index (χ1n) is 7.88. The maximum Gasteiger partial charge on any atom is 0.335 e. The molecule has 3 aromatic rings. The SMILES string of the molecule is O=C(O)c1ccc2c(=O)n3c(nc2c1)C(=Cc1cccc(Cl)c1Cl)CC3. The minimum Gasteiger partial charge on any atom is -0.478 e. The molecule has 0 fully saturated rings. The van der Waals surface area contributed by atoms with Gasteiger partial charge in [0.2, 0.25) is 0 Å². The van der Waals surface area contributed by atoms with Crippen molar-refractivity contribution in [1.82, 2.24) is 9.55 Å². The van der Waals surface area contributed by atoms with Gasteiger partial charge >= 0.3 is 5.97 Å². The van der Waals surface area contributed by atoms with Gasteiger partial charge < -0.3 is 5.11 Å². The average molecular weight is 387 g/mol. The minimum atomic E-state index is -1.06. The molecule has 1 aromatic heterocycles. The number of benzene rings is 2. The first kappa shape index (κ1) is 16.8. The number of aromatic nitrogens is 2. The van der Waals surface area contributed by atoms with Crippen molar-refractivity contribution in [3.8, 4) is 0 Å². The number of nitrogens with zero attached hydrogens (tertiary/aromatic N) is 2. The van der Waals surface area contributed by atoms with Crippen molar-refractivity contribution in [2.45, 2.75) is 13.0 Å². The molecule has 0 spiro atoms. The number of allylic oxidation sites excluding steroid dienone is 1. The largest absolute Gasteiger partial charge is 0.478 e. The van der Waals surface area contributed by atoms with Crippen LogP contribution < -0.4 is 5.56 Å². The van der Waals surface area contributed by atoms with E-state index in [1.54, 1.807) is 16.7 Å². The van der Waals surface area contributed by atoms with Gasteiger partial charge in [0, 0.05) is 6.54 Å². The minimum absolute atomic E-state index is 0.0933. The van der Waals surface area contributed by atoms with Crippen LogP contribution >= 0.6 is 23.2 Å². The standard InChI is InChI=1S/C19H12Cl2N2O3/c20-14-3-1-2-10(16(14)21)8-11-6-7-23-17(11)22-15-9-12(19(25)26)4-5-13(15)18(23)24/h1-5,8-9H,6-7H2,(H,25,26). The summed E-state index contributed by atoms with van der Waals surface area (Å²) in [5, 5.41) is 10.5. The van der Waals surface area contributed by atoms with Crippen LogP contribution in [0.2, 0.25) is 10.0 Å². The summed E-state index contributed by atoms with van der Waals surface area (Å²) in [5.74, 6) is -0.531. The molecular weight excluding hydrogens is 375 g/mol. The van der Waals surface area contributed by atoms with E-state index < -0.39 is 5.97 Å². The van der Waals surface area contributed by atoms with Crippen molar-refractivity contribution >= 4 is 51.7 Å². The van der Waals surface area contributed by atoms with Crippen molar-refractivity contribution in [3.63, 3.8) is 0 Å². The smallest absolute Gasteiger partial charge is 0.335 e. The first-order valence-corrected chi connectivity index (χ1v) is 8.64. The Bertz CT molecular complexity index is 1170. The van der Waals surface area contributed by atoms with Crippen molar-refractivity contribution in [2.75, 3.05) is 0 Å². The maximum atomic E-state index is 12.7. The molecule has 0 saturated heterocycles. The van der Waals surface area contributed by atoms with E-state index in [-0.39, 0.29) is 11.1 Å². The van der Waals surface area contributed by atoms with Crippen molar-refractivity contribution in [1.29, 1.82) is 0 Å². The highest BCUT2D eigenvalue weighted by Crippen LogP contribution is 2.32. The van der Waals surface area contributed by atoms with Crippen LogP contribution in [0, 0.1) is 0 Å². The van der Waals surface area contributed by atoms with Crippen LogP contribution in [0.5, 0.6) is 0 Å². The number of carboxylic acid groups (broad SMARTS) is 1. The van der Waals surface area contributed by atoms with E-state index in [2.05, 4.69) is 4.98 Å². The highest BCUT2D eigenvalue weighted by molar-refractivity contribution is 6.43. The molecule has 4 rings (SSSR count). The molecule has 2 aromatic carbocycles. The summed E-state index contributed by atoms with van der Waals surface area (Å²) in [7, 11) is 0.